The van der Waals surface area contributed by atoms with Gasteiger partial charge in [-0.3, -0.25) is 9.80 Å². The number of piperazine rings is 1. The molecular weight excluding hydrogens is 186 g/mol. The van der Waals surface area contributed by atoms with Crippen LogP contribution in [0, 0.1) is 11.3 Å². The van der Waals surface area contributed by atoms with Crippen LogP contribution in [-0.4, -0.2) is 47.6 Å². The summed E-state index contributed by atoms with van der Waals surface area (Å²) >= 11 is 0. The second-order valence-corrected chi connectivity index (χ2v) is 4.95. The molecule has 1 rings (SSSR count). The van der Waals surface area contributed by atoms with Crippen LogP contribution in [-0.2, 0) is 0 Å². The second kappa shape index (κ2) is 4.96. The molecule has 3 nitrogen and oxygen atoms in total. The van der Waals surface area contributed by atoms with Gasteiger partial charge in [0.05, 0.1) is 6.07 Å². The van der Waals surface area contributed by atoms with Crippen LogP contribution in [0.4, 0.5) is 0 Å². The highest BCUT2D eigenvalue weighted by atomic mass is 15.3. The number of nitriles is 1. The van der Waals surface area contributed by atoms with E-state index in [4.69, 9.17) is 5.26 Å². The average Bonchev–Trinajstić information content (AvgIpc) is 2.28. The third-order valence-electron chi connectivity index (χ3n) is 3.59. The Bertz CT molecular complexity index is 234. The predicted octanol–water partition coefficient (Wildman–Crippen LogP) is 1.70. The van der Waals surface area contributed by atoms with E-state index in [2.05, 4.69) is 29.7 Å². The van der Waals surface area contributed by atoms with Gasteiger partial charge in [0.25, 0.3) is 0 Å². The van der Waals surface area contributed by atoms with Gasteiger partial charge in [-0.25, -0.2) is 0 Å². The summed E-state index contributed by atoms with van der Waals surface area (Å²) < 4.78 is 0. The van der Waals surface area contributed by atoms with E-state index in [1.165, 1.54) is 6.42 Å². The molecular formula is C12H23N3. The Morgan fingerprint density at radius 1 is 1.27 bits per heavy atom. The fourth-order valence-corrected chi connectivity index (χ4v) is 2.05. The molecule has 1 heterocycles. The molecule has 1 aliphatic heterocycles. The van der Waals surface area contributed by atoms with Crippen molar-refractivity contribution in [2.75, 3.05) is 26.2 Å². The van der Waals surface area contributed by atoms with Crippen LogP contribution >= 0.6 is 0 Å². The third kappa shape index (κ3) is 2.93. The summed E-state index contributed by atoms with van der Waals surface area (Å²) in [7, 11) is 0. The summed E-state index contributed by atoms with van der Waals surface area (Å²) in [4.78, 5) is 4.80. The van der Waals surface area contributed by atoms with Gasteiger partial charge in [-0.2, -0.15) is 5.26 Å². The Morgan fingerprint density at radius 3 is 2.20 bits per heavy atom. The van der Waals surface area contributed by atoms with Crippen molar-refractivity contribution < 1.29 is 0 Å². The first kappa shape index (κ1) is 12.5. The molecule has 86 valence electrons. The summed E-state index contributed by atoms with van der Waals surface area (Å²) in [6, 6.07) is 3.05. The van der Waals surface area contributed by atoms with E-state index in [0.29, 0.717) is 6.04 Å². The highest BCUT2D eigenvalue weighted by Crippen LogP contribution is 2.17. The molecule has 0 aromatic heterocycles. The molecule has 1 atom stereocenters. The SMILES string of the molecule is CCC(C)N1CCN(C(C)(C)C#N)CC1. The van der Waals surface area contributed by atoms with Gasteiger partial charge in [0.2, 0.25) is 0 Å². The van der Waals surface area contributed by atoms with Crippen molar-refractivity contribution in [3.63, 3.8) is 0 Å². The lowest BCUT2D eigenvalue weighted by atomic mass is 10.0. The monoisotopic (exact) mass is 209 g/mol. The molecule has 0 aromatic carbocycles. The topological polar surface area (TPSA) is 30.3 Å². The summed E-state index contributed by atoms with van der Waals surface area (Å²) in [5.74, 6) is 0. The Kier molecular flexibility index (Phi) is 4.12. The van der Waals surface area contributed by atoms with E-state index < -0.39 is 0 Å². The Hall–Kier alpha value is -0.590. The van der Waals surface area contributed by atoms with Crippen LogP contribution in [0.3, 0.4) is 0 Å². The molecule has 1 saturated heterocycles. The summed E-state index contributed by atoms with van der Waals surface area (Å²) in [6.07, 6.45) is 1.21. The zero-order valence-electron chi connectivity index (χ0n) is 10.5. The van der Waals surface area contributed by atoms with Crippen molar-refractivity contribution in [2.24, 2.45) is 0 Å². The van der Waals surface area contributed by atoms with Crippen LogP contribution in [0.2, 0.25) is 0 Å². The van der Waals surface area contributed by atoms with E-state index in [0.717, 1.165) is 26.2 Å². The molecule has 0 saturated carbocycles. The molecule has 1 aliphatic rings. The van der Waals surface area contributed by atoms with E-state index in [-0.39, 0.29) is 5.54 Å². The molecule has 0 aliphatic carbocycles. The molecule has 0 bridgehead atoms. The average molecular weight is 209 g/mol. The van der Waals surface area contributed by atoms with Crippen molar-refractivity contribution in [1.82, 2.24) is 9.80 Å². The van der Waals surface area contributed by atoms with E-state index >= 15 is 0 Å². The first-order chi connectivity index (χ1) is 7.01. The fraction of sp³-hybridized carbons (Fsp3) is 0.917. The van der Waals surface area contributed by atoms with E-state index in [9.17, 15) is 0 Å². The maximum absolute atomic E-state index is 9.06. The van der Waals surface area contributed by atoms with Gasteiger partial charge in [-0.1, -0.05) is 6.92 Å². The minimum Gasteiger partial charge on any atom is -0.298 e. The molecule has 15 heavy (non-hydrogen) atoms. The first-order valence-corrected chi connectivity index (χ1v) is 5.91. The summed E-state index contributed by atoms with van der Waals surface area (Å²) in [5, 5.41) is 9.06. The quantitative estimate of drug-likeness (QED) is 0.709. The van der Waals surface area contributed by atoms with Gasteiger partial charge in [0, 0.05) is 32.2 Å². The zero-order chi connectivity index (χ0) is 11.5. The molecule has 0 spiro atoms. The second-order valence-electron chi connectivity index (χ2n) is 4.95. The molecule has 1 unspecified atom stereocenters. The van der Waals surface area contributed by atoms with Gasteiger partial charge >= 0.3 is 0 Å². The van der Waals surface area contributed by atoms with Crippen LogP contribution in [0.1, 0.15) is 34.1 Å². The maximum Gasteiger partial charge on any atom is 0.103 e. The number of rotatable bonds is 3. The lowest BCUT2D eigenvalue weighted by Gasteiger charge is -2.42. The van der Waals surface area contributed by atoms with Crippen LogP contribution in [0.15, 0.2) is 0 Å². The Morgan fingerprint density at radius 2 is 1.80 bits per heavy atom. The lowest BCUT2D eigenvalue weighted by molar-refractivity contribution is 0.0596. The minimum atomic E-state index is -0.304. The fourth-order valence-electron chi connectivity index (χ4n) is 2.05. The lowest BCUT2D eigenvalue weighted by Crippen LogP contribution is -2.55. The molecule has 0 radical (unpaired) electrons. The highest BCUT2D eigenvalue weighted by Gasteiger charge is 2.30. The van der Waals surface area contributed by atoms with Crippen LogP contribution in [0.25, 0.3) is 0 Å². The van der Waals surface area contributed by atoms with Gasteiger partial charge in [-0.15, -0.1) is 0 Å². The van der Waals surface area contributed by atoms with Crippen molar-refractivity contribution in [2.45, 2.75) is 45.7 Å². The normalized spacial score (nSPS) is 22.3. The van der Waals surface area contributed by atoms with E-state index in [1.807, 2.05) is 13.8 Å². The largest absolute Gasteiger partial charge is 0.298 e. The first-order valence-electron chi connectivity index (χ1n) is 5.91. The van der Waals surface area contributed by atoms with Crippen molar-refractivity contribution in [3.8, 4) is 6.07 Å². The molecule has 3 heteroatoms. The number of hydrogen-bond acceptors (Lipinski definition) is 3. The molecule has 0 N–H and O–H groups in total. The Labute approximate surface area is 93.7 Å². The molecule has 0 amide bonds. The summed E-state index contributed by atoms with van der Waals surface area (Å²) in [5.41, 5.74) is -0.304. The van der Waals surface area contributed by atoms with Gasteiger partial charge in [-0.05, 0) is 27.2 Å². The van der Waals surface area contributed by atoms with Gasteiger partial charge in [0.1, 0.15) is 5.54 Å². The maximum atomic E-state index is 9.06. The zero-order valence-corrected chi connectivity index (χ0v) is 10.5. The smallest absolute Gasteiger partial charge is 0.103 e. The molecule has 0 aromatic rings. The minimum absolute atomic E-state index is 0.304. The summed E-state index contributed by atoms with van der Waals surface area (Å²) in [6.45, 7) is 12.8. The Balaban J connectivity index is 2.47. The number of hydrogen-bond donors (Lipinski definition) is 0. The van der Waals surface area contributed by atoms with Crippen molar-refractivity contribution >= 4 is 0 Å². The predicted molar refractivity (Wildman–Crippen MR) is 62.6 cm³/mol. The standard InChI is InChI=1S/C12H23N3/c1-5-11(2)14-6-8-15(9-7-14)12(3,4)10-13/h11H,5-9H2,1-4H3. The van der Waals surface area contributed by atoms with Crippen molar-refractivity contribution in [3.05, 3.63) is 0 Å². The van der Waals surface area contributed by atoms with E-state index in [1.54, 1.807) is 0 Å². The van der Waals surface area contributed by atoms with Gasteiger partial charge < -0.3 is 0 Å². The number of nitrogens with zero attached hydrogens (tertiary/aromatic N) is 3. The van der Waals surface area contributed by atoms with Crippen molar-refractivity contribution in [1.29, 1.82) is 5.26 Å². The van der Waals surface area contributed by atoms with Gasteiger partial charge in [0.15, 0.2) is 0 Å². The third-order valence-corrected chi connectivity index (χ3v) is 3.59. The van der Waals surface area contributed by atoms with Crippen LogP contribution < -0.4 is 0 Å². The van der Waals surface area contributed by atoms with Crippen LogP contribution in [0.5, 0.6) is 0 Å². The highest BCUT2D eigenvalue weighted by molar-refractivity contribution is 5.02. The molecule has 1 fully saturated rings.